The molecule has 22 heavy (non-hydrogen) atoms. The van der Waals surface area contributed by atoms with E-state index in [1.54, 1.807) is 12.1 Å². The van der Waals surface area contributed by atoms with E-state index in [2.05, 4.69) is 15.5 Å². The Morgan fingerprint density at radius 1 is 1.23 bits per heavy atom. The van der Waals surface area contributed by atoms with Gasteiger partial charge in [-0.25, -0.2) is 0 Å². The fourth-order valence-electron chi connectivity index (χ4n) is 1.91. The van der Waals surface area contributed by atoms with Crippen molar-refractivity contribution in [1.29, 1.82) is 0 Å². The second-order valence-electron chi connectivity index (χ2n) is 4.64. The van der Waals surface area contributed by atoms with Crippen LogP contribution in [0.5, 0.6) is 0 Å². The number of nitrogens with one attached hydrogen (secondary N) is 1. The molecule has 0 bridgehead atoms. The lowest BCUT2D eigenvalue weighted by Crippen LogP contribution is -2.22. The summed E-state index contributed by atoms with van der Waals surface area (Å²) in [7, 11) is 0. The highest BCUT2D eigenvalue weighted by atomic mass is 35.5. The first kappa shape index (κ1) is 14.9. The number of aromatic nitrogens is 3. The number of hydrogen-bond acceptors (Lipinski definition) is 4. The maximum atomic E-state index is 12.3. The van der Waals surface area contributed by atoms with Crippen LogP contribution >= 0.6 is 23.4 Å². The van der Waals surface area contributed by atoms with Gasteiger partial charge in [0.05, 0.1) is 16.0 Å². The Morgan fingerprint density at radius 2 is 2.00 bits per heavy atom. The van der Waals surface area contributed by atoms with Crippen molar-refractivity contribution in [2.24, 2.45) is 0 Å². The summed E-state index contributed by atoms with van der Waals surface area (Å²) in [6.45, 7) is 1.82. The summed E-state index contributed by atoms with van der Waals surface area (Å²) in [4.78, 5) is 12.3. The first-order valence-corrected chi connectivity index (χ1v) is 7.93. The molecule has 0 fully saturated rings. The van der Waals surface area contributed by atoms with Crippen molar-refractivity contribution in [2.75, 3.05) is 5.32 Å². The molecule has 112 valence electrons. The number of anilines is 1. The lowest BCUT2D eigenvalue weighted by molar-refractivity contribution is -0.115. The minimum Gasteiger partial charge on any atom is -0.324 e. The molecule has 1 atom stereocenters. The number of benzene rings is 1. The van der Waals surface area contributed by atoms with Crippen molar-refractivity contribution < 1.29 is 4.79 Å². The highest BCUT2D eigenvalue weighted by Crippen LogP contribution is 2.25. The molecule has 5 nitrogen and oxygen atoms in total. The number of para-hydroxylation sites is 1. The molecule has 0 spiro atoms. The van der Waals surface area contributed by atoms with Crippen molar-refractivity contribution >= 4 is 40.6 Å². The zero-order valence-corrected chi connectivity index (χ0v) is 13.3. The predicted octanol–water partition coefficient (Wildman–Crippen LogP) is 3.50. The Bertz CT molecular complexity index is 820. The minimum absolute atomic E-state index is 0.134. The number of rotatable bonds is 4. The number of amides is 1. The zero-order chi connectivity index (χ0) is 15.5. The zero-order valence-electron chi connectivity index (χ0n) is 11.7. The average Bonchev–Trinajstić information content (AvgIpc) is 2.93. The van der Waals surface area contributed by atoms with Crippen molar-refractivity contribution in [3.63, 3.8) is 0 Å². The largest absolute Gasteiger partial charge is 0.324 e. The molecule has 2 heterocycles. The third-order valence-corrected chi connectivity index (χ3v) is 4.45. The van der Waals surface area contributed by atoms with Gasteiger partial charge in [0.25, 0.3) is 0 Å². The topological polar surface area (TPSA) is 59.3 Å². The summed E-state index contributed by atoms with van der Waals surface area (Å²) in [5.74, 6) is -0.134. The van der Waals surface area contributed by atoms with Gasteiger partial charge in [0.15, 0.2) is 10.8 Å². The molecule has 2 aromatic heterocycles. The Morgan fingerprint density at radius 3 is 2.82 bits per heavy atom. The van der Waals surface area contributed by atoms with E-state index in [1.807, 2.05) is 47.9 Å². The number of thioether (sulfide) groups is 1. The summed E-state index contributed by atoms with van der Waals surface area (Å²) < 4.78 is 1.85. The van der Waals surface area contributed by atoms with Gasteiger partial charge in [-0.15, -0.1) is 10.2 Å². The molecule has 0 aliphatic rings. The SMILES string of the molecule is C[C@H](Sc1nnc2ccccn12)C(=O)Nc1ccccc1Cl. The van der Waals surface area contributed by atoms with Crippen LogP contribution in [0.25, 0.3) is 5.65 Å². The van der Waals surface area contributed by atoms with Crippen molar-refractivity contribution in [1.82, 2.24) is 14.6 Å². The van der Waals surface area contributed by atoms with Crippen LogP contribution in [0.15, 0.2) is 53.8 Å². The molecular weight excluding hydrogens is 320 g/mol. The number of nitrogens with zero attached hydrogens (tertiary/aromatic N) is 3. The molecule has 0 radical (unpaired) electrons. The summed E-state index contributed by atoms with van der Waals surface area (Å²) in [5, 5.41) is 11.9. The van der Waals surface area contributed by atoms with Gasteiger partial charge in [-0.1, -0.05) is 41.6 Å². The van der Waals surface area contributed by atoms with Crippen LogP contribution in [0, 0.1) is 0 Å². The molecular formula is C15H13ClN4OS. The summed E-state index contributed by atoms with van der Waals surface area (Å²) in [5.41, 5.74) is 1.36. The maximum absolute atomic E-state index is 12.3. The fourth-order valence-corrected chi connectivity index (χ4v) is 2.93. The maximum Gasteiger partial charge on any atom is 0.237 e. The summed E-state index contributed by atoms with van der Waals surface area (Å²) in [6, 6.07) is 12.8. The molecule has 3 aromatic rings. The van der Waals surface area contributed by atoms with Crippen LogP contribution in [0.3, 0.4) is 0 Å². The van der Waals surface area contributed by atoms with Gasteiger partial charge in [0, 0.05) is 6.20 Å². The van der Waals surface area contributed by atoms with Gasteiger partial charge >= 0.3 is 0 Å². The third-order valence-electron chi connectivity index (χ3n) is 3.07. The number of carbonyl (C=O) groups is 1. The van der Waals surface area contributed by atoms with Gasteiger partial charge in [0.2, 0.25) is 5.91 Å². The van der Waals surface area contributed by atoms with Crippen LogP contribution in [0.1, 0.15) is 6.92 Å². The molecule has 1 amide bonds. The number of hydrogen-bond donors (Lipinski definition) is 1. The van der Waals surface area contributed by atoms with E-state index in [4.69, 9.17) is 11.6 Å². The third kappa shape index (κ3) is 3.08. The molecule has 7 heteroatoms. The van der Waals surface area contributed by atoms with Crippen molar-refractivity contribution in [3.8, 4) is 0 Å². The van der Waals surface area contributed by atoms with Crippen LogP contribution in [-0.4, -0.2) is 25.8 Å². The van der Waals surface area contributed by atoms with Crippen LogP contribution in [-0.2, 0) is 4.79 Å². The van der Waals surface area contributed by atoms with Crippen LogP contribution in [0.2, 0.25) is 5.02 Å². The van der Waals surface area contributed by atoms with E-state index >= 15 is 0 Å². The van der Waals surface area contributed by atoms with Gasteiger partial charge in [-0.05, 0) is 31.2 Å². The van der Waals surface area contributed by atoms with Crippen molar-refractivity contribution in [3.05, 3.63) is 53.7 Å². The first-order chi connectivity index (χ1) is 10.6. The van der Waals surface area contributed by atoms with Crippen LogP contribution < -0.4 is 5.32 Å². The highest BCUT2D eigenvalue weighted by molar-refractivity contribution is 8.00. The summed E-state index contributed by atoms with van der Waals surface area (Å²) >= 11 is 7.39. The van der Waals surface area contributed by atoms with E-state index in [-0.39, 0.29) is 11.2 Å². The van der Waals surface area contributed by atoms with Crippen LogP contribution in [0.4, 0.5) is 5.69 Å². The van der Waals surface area contributed by atoms with E-state index in [0.717, 1.165) is 5.65 Å². The smallest absolute Gasteiger partial charge is 0.237 e. The van der Waals surface area contributed by atoms with Gasteiger partial charge < -0.3 is 5.32 Å². The normalized spacial score (nSPS) is 12.3. The highest BCUT2D eigenvalue weighted by Gasteiger charge is 2.18. The monoisotopic (exact) mass is 332 g/mol. The Hall–Kier alpha value is -2.05. The first-order valence-electron chi connectivity index (χ1n) is 6.67. The molecule has 0 aliphatic carbocycles. The quantitative estimate of drug-likeness (QED) is 0.743. The van der Waals surface area contributed by atoms with Crippen molar-refractivity contribution in [2.45, 2.75) is 17.3 Å². The molecule has 1 N–H and O–H groups in total. The molecule has 0 saturated carbocycles. The lowest BCUT2D eigenvalue weighted by Gasteiger charge is -2.11. The Balaban J connectivity index is 1.73. The number of halogens is 1. The van der Waals surface area contributed by atoms with E-state index in [0.29, 0.717) is 15.9 Å². The van der Waals surface area contributed by atoms with E-state index in [9.17, 15) is 4.79 Å². The number of fused-ring (bicyclic) bond motifs is 1. The average molecular weight is 333 g/mol. The molecule has 3 rings (SSSR count). The van der Waals surface area contributed by atoms with Gasteiger partial charge in [0.1, 0.15) is 0 Å². The number of pyridine rings is 1. The van der Waals surface area contributed by atoms with Gasteiger partial charge in [-0.3, -0.25) is 9.20 Å². The predicted molar refractivity (Wildman–Crippen MR) is 88.4 cm³/mol. The Labute approximate surface area is 136 Å². The molecule has 0 unspecified atom stereocenters. The Kier molecular flexibility index (Phi) is 4.31. The molecule has 0 saturated heterocycles. The standard InChI is InChI=1S/C15H13ClN4OS/c1-10(14(21)17-12-7-3-2-6-11(12)16)22-15-19-18-13-8-4-5-9-20(13)15/h2-10H,1H3,(H,17,21)/t10-/m0/s1. The lowest BCUT2D eigenvalue weighted by atomic mass is 10.3. The van der Waals surface area contributed by atoms with E-state index in [1.165, 1.54) is 11.8 Å². The van der Waals surface area contributed by atoms with Gasteiger partial charge in [-0.2, -0.15) is 0 Å². The molecule has 0 aliphatic heterocycles. The second kappa shape index (κ2) is 6.37. The molecule has 1 aromatic carbocycles. The number of carbonyl (C=O) groups excluding carboxylic acids is 1. The van der Waals surface area contributed by atoms with E-state index < -0.39 is 0 Å². The fraction of sp³-hybridized carbons (Fsp3) is 0.133. The summed E-state index contributed by atoms with van der Waals surface area (Å²) in [6.07, 6.45) is 1.87. The second-order valence-corrected chi connectivity index (χ2v) is 6.36. The minimum atomic E-state index is -0.330.